The second kappa shape index (κ2) is 6.73. The summed E-state index contributed by atoms with van der Waals surface area (Å²) in [5.74, 6) is 1.42. The van der Waals surface area contributed by atoms with E-state index in [1.807, 2.05) is 6.92 Å². The standard InChI is InChI=1S/C14H22N2O3/c1-4-19-11-7-10(8-11)16-9-12-14(18-3)13(17-2)5-6-15-12/h5-6,10-11,16H,4,7-9H2,1-3H3. The van der Waals surface area contributed by atoms with Crippen molar-refractivity contribution in [1.82, 2.24) is 10.3 Å². The Bertz CT molecular complexity index is 406. The molecule has 5 nitrogen and oxygen atoms in total. The Morgan fingerprint density at radius 3 is 2.74 bits per heavy atom. The maximum atomic E-state index is 5.54. The van der Waals surface area contributed by atoms with Gasteiger partial charge in [0, 0.05) is 31.5 Å². The van der Waals surface area contributed by atoms with E-state index in [1.165, 1.54) is 0 Å². The normalized spacial score (nSPS) is 21.8. The fourth-order valence-corrected chi connectivity index (χ4v) is 2.32. The molecular weight excluding hydrogens is 244 g/mol. The van der Waals surface area contributed by atoms with Gasteiger partial charge in [-0.1, -0.05) is 0 Å². The van der Waals surface area contributed by atoms with Gasteiger partial charge in [-0.2, -0.15) is 0 Å². The molecule has 0 aliphatic heterocycles. The highest BCUT2D eigenvalue weighted by Crippen LogP contribution is 2.30. The van der Waals surface area contributed by atoms with Gasteiger partial charge in [0.05, 0.1) is 26.0 Å². The Balaban J connectivity index is 1.87. The first kappa shape index (κ1) is 14.1. The Kier molecular flexibility index (Phi) is 4.99. The Labute approximate surface area is 114 Å². The SMILES string of the molecule is CCOC1CC(NCc2nccc(OC)c2OC)C1. The molecule has 0 amide bonds. The van der Waals surface area contributed by atoms with Crippen molar-refractivity contribution in [3.05, 3.63) is 18.0 Å². The topological polar surface area (TPSA) is 52.6 Å². The molecule has 1 N–H and O–H groups in total. The molecule has 1 aromatic heterocycles. The molecule has 0 bridgehead atoms. The number of nitrogens with zero attached hydrogens (tertiary/aromatic N) is 1. The molecule has 0 radical (unpaired) electrons. The molecule has 0 spiro atoms. The Morgan fingerprint density at radius 1 is 1.32 bits per heavy atom. The molecule has 0 saturated heterocycles. The summed E-state index contributed by atoms with van der Waals surface area (Å²) in [6, 6.07) is 2.31. The monoisotopic (exact) mass is 266 g/mol. The van der Waals surface area contributed by atoms with Crippen molar-refractivity contribution in [2.45, 2.75) is 38.5 Å². The third-order valence-electron chi connectivity index (χ3n) is 3.42. The van der Waals surface area contributed by atoms with Gasteiger partial charge in [0.2, 0.25) is 0 Å². The fraction of sp³-hybridized carbons (Fsp3) is 0.643. The molecule has 1 fully saturated rings. The van der Waals surface area contributed by atoms with E-state index in [1.54, 1.807) is 26.5 Å². The number of aromatic nitrogens is 1. The van der Waals surface area contributed by atoms with Crippen LogP contribution < -0.4 is 14.8 Å². The van der Waals surface area contributed by atoms with Crippen LogP contribution in [0.25, 0.3) is 0 Å². The summed E-state index contributed by atoms with van der Waals surface area (Å²) in [6.45, 7) is 3.51. The van der Waals surface area contributed by atoms with Gasteiger partial charge in [-0.25, -0.2) is 0 Å². The van der Waals surface area contributed by atoms with Crippen molar-refractivity contribution in [2.75, 3.05) is 20.8 Å². The number of nitrogens with one attached hydrogen (secondary N) is 1. The number of methoxy groups -OCH3 is 2. The minimum atomic E-state index is 0.419. The molecule has 1 heterocycles. The highest BCUT2D eigenvalue weighted by molar-refractivity contribution is 5.42. The van der Waals surface area contributed by atoms with E-state index in [4.69, 9.17) is 14.2 Å². The largest absolute Gasteiger partial charge is 0.493 e. The van der Waals surface area contributed by atoms with Gasteiger partial charge in [0.1, 0.15) is 0 Å². The number of hydrogen-bond donors (Lipinski definition) is 1. The van der Waals surface area contributed by atoms with Crippen molar-refractivity contribution in [2.24, 2.45) is 0 Å². The summed E-state index contributed by atoms with van der Waals surface area (Å²) in [4.78, 5) is 4.35. The maximum absolute atomic E-state index is 5.54. The fourth-order valence-electron chi connectivity index (χ4n) is 2.32. The van der Waals surface area contributed by atoms with Gasteiger partial charge in [0.15, 0.2) is 11.5 Å². The van der Waals surface area contributed by atoms with Crippen molar-refractivity contribution >= 4 is 0 Å². The van der Waals surface area contributed by atoms with E-state index in [0.717, 1.165) is 30.9 Å². The van der Waals surface area contributed by atoms with Crippen LogP contribution in [0.3, 0.4) is 0 Å². The molecule has 0 unspecified atom stereocenters. The zero-order valence-electron chi connectivity index (χ0n) is 11.8. The molecule has 106 valence electrons. The lowest BCUT2D eigenvalue weighted by molar-refractivity contribution is -0.0103. The van der Waals surface area contributed by atoms with E-state index in [9.17, 15) is 0 Å². The first-order valence-corrected chi connectivity index (χ1v) is 6.69. The van der Waals surface area contributed by atoms with Crippen molar-refractivity contribution in [3.8, 4) is 11.5 Å². The highest BCUT2D eigenvalue weighted by Gasteiger charge is 2.29. The van der Waals surface area contributed by atoms with E-state index in [2.05, 4.69) is 10.3 Å². The molecule has 5 heteroatoms. The predicted molar refractivity (Wildman–Crippen MR) is 72.6 cm³/mol. The third kappa shape index (κ3) is 3.36. The zero-order chi connectivity index (χ0) is 13.7. The minimum absolute atomic E-state index is 0.419. The maximum Gasteiger partial charge on any atom is 0.183 e. The molecular formula is C14H22N2O3. The van der Waals surface area contributed by atoms with E-state index < -0.39 is 0 Å². The van der Waals surface area contributed by atoms with Crippen LogP contribution in [0.5, 0.6) is 11.5 Å². The molecule has 19 heavy (non-hydrogen) atoms. The van der Waals surface area contributed by atoms with Crippen molar-refractivity contribution in [1.29, 1.82) is 0 Å². The Morgan fingerprint density at radius 2 is 2.11 bits per heavy atom. The Hall–Kier alpha value is -1.33. The number of rotatable bonds is 7. The molecule has 1 aliphatic carbocycles. The number of pyridine rings is 1. The molecule has 0 aromatic carbocycles. The van der Waals surface area contributed by atoms with Crippen LogP contribution in [0, 0.1) is 0 Å². The van der Waals surface area contributed by atoms with E-state index in [-0.39, 0.29) is 0 Å². The smallest absolute Gasteiger partial charge is 0.183 e. The molecule has 0 atom stereocenters. The van der Waals surface area contributed by atoms with Crippen molar-refractivity contribution in [3.63, 3.8) is 0 Å². The third-order valence-corrected chi connectivity index (χ3v) is 3.42. The quantitative estimate of drug-likeness (QED) is 0.815. The molecule has 1 aromatic rings. The van der Waals surface area contributed by atoms with Gasteiger partial charge >= 0.3 is 0 Å². The minimum Gasteiger partial charge on any atom is -0.493 e. The van der Waals surface area contributed by atoms with E-state index in [0.29, 0.717) is 24.4 Å². The van der Waals surface area contributed by atoms with Crippen LogP contribution in [0.2, 0.25) is 0 Å². The summed E-state index contributed by atoms with van der Waals surface area (Å²) >= 11 is 0. The van der Waals surface area contributed by atoms with Gasteiger partial charge in [-0.15, -0.1) is 0 Å². The van der Waals surface area contributed by atoms with Crippen LogP contribution in [-0.2, 0) is 11.3 Å². The molecule has 1 saturated carbocycles. The summed E-state index contributed by atoms with van der Waals surface area (Å²) in [5, 5.41) is 3.47. The van der Waals surface area contributed by atoms with E-state index >= 15 is 0 Å². The van der Waals surface area contributed by atoms with Gasteiger partial charge in [-0.05, 0) is 19.8 Å². The first-order chi connectivity index (χ1) is 9.28. The summed E-state index contributed by atoms with van der Waals surface area (Å²) in [7, 11) is 3.27. The van der Waals surface area contributed by atoms with Gasteiger partial charge in [0.25, 0.3) is 0 Å². The summed E-state index contributed by atoms with van der Waals surface area (Å²) in [5.41, 5.74) is 0.877. The number of hydrogen-bond acceptors (Lipinski definition) is 5. The summed E-state index contributed by atoms with van der Waals surface area (Å²) in [6.07, 6.45) is 4.30. The predicted octanol–water partition coefficient (Wildman–Crippen LogP) is 1.76. The molecule has 1 aliphatic rings. The number of ether oxygens (including phenoxy) is 3. The van der Waals surface area contributed by atoms with Crippen LogP contribution in [-0.4, -0.2) is 38.0 Å². The lowest BCUT2D eigenvalue weighted by Gasteiger charge is -2.35. The lowest BCUT2D eigenvalue weighted by Crippen LogP contribution is -2.45. The summed E-state index contributed by atoms with van der Waals surface area (Å²) < 4.78 is 16.2. The second-order valence-corrected chi connectivity index (χ2v) is 4.62. The first-order valence-electron chi connectivity index (χ1n) is 6.69. The van der Waals surface area contributed by atoms with Crippen LogP contribution in [0.4, 0.5) is 0 Å². The van der Waals surface area contributed by atoms with Gasteiger partial charge in [-0.3, -0.25) is 4.98 Å². The molecule has 2 rings (SSSR count). The average Bonchev–Trinajstić information content (AvgIpc) is 2.40. The second-order valence-electron chi connectivity index (χ2n) is 4.62. The van der Waals surface area contributed by atoms with Crippen molar-refractivity contribution < 1.29 is 14.2 Å². The van der Waals surface area contributed by atoms with Crippen LogP contribution in [0.15, 0.2) is 12.3 Å². The van der Waals surface area contributed by atoms with Crippen LogP contribution >= 0.6 is 0 Å². The van der Waals surface area contributed by atoms with Gasteiger partial charge < -0.3 is 19.5 Å². The average molecular weight is 266 g/mol. The highest BCUT2D eigenvalue weighted by atomic mass is 16.5. The zero-order valence-corrected chi connectivity index (χ0v) is 11.8. The lowest BCUT2D eigenvalue weighted by atomic mass is 9.89. The van der Waals surface area contributed by atoms with Crippen LogP contribution in [0.1, 0.15) is 25.5 Å².